The van der Waals surface area contributed by atoms with E-state index in [4.69, 9.17) is 21.7 Å². The Morgan fingerprint density at radius 3 is 1.67 bits per heavy atom. The molecule has 0 saturated carbocycles. The van der Waals surface area contributed by atoms with E-state index in [0.717, 1.165) is 12.1 Å². The summed E-state index contributed by atoms with van der Waals surface area (Å²) in [5, 5.41) is 17.5. The lowest BCUT2D eigenvalue weighted by molar-refractivity contribution is -0.137. The minimum atomic E-state index is -1.22. The smallest absolute Gasteiger partial charge is 0.304 e. The molecule has 1 aromatic carbocycles. The molecule has 116 valence electrons. The number of benzene rings is 1. The van der Waals surface area contributed by atoms with Crippen molar-refractivity contribution in [3.05, 3.63) is 35.4 Å². The van der Waals surface area contributed by atoms with Crippen LogP contribution in [0, 0.1) is 11.6 Å². The summed E-state index contributed by atoms with van der Waals surface area (Å²) in [7, 11) is 0. The van der Waals surface area contributed by atoms with Crippen molar-refractivity contribution in [1.29, 1.82) is 0 Å². The van der Waals surface area contributed by atoms with Crippen LogP contribution < -0.4 is 11.5 Å². The standard InChI is InChI=1S/C13H16F2N2O4/c14-7-1-6(2-8(15)3-7)13(9(16)4-11(18)19)10(17)5-12(20)21/h1-3,9-10,13H,4-5,16-17H2,(H,18,19)(H,20,21). The fourth-order valence-corrected chi connectivity index (χ4v) is 2.24. The molecular weight excluding hydrogens is 286 g/mol. The molecule has 1 aromatic rings. The summed E-state index contributed by atoms with van der Waals surface area (Å²) in [4.78, 5) is 21.5. The largest absolute Gasteiger partial charge is 0.481 e. The van der Waals surface area contributed by atoms with Crippen LogP contribution in [0.5, 0.6) is 0 Å². The lowest BCUT2D eigenvalue weighted by Gasteiger charge is -2.28. The number of carboxylic acids is 2. The Morgan fingerprint density at radius 2 is 1.33 bits per heavy atom. The van der Waals surface area contributed by atoms with Crippen molar-refractivity contribution in [3.8, 4) is 0 Å². The third-order valence-electron chi connectivity index (χ3n) is 3.01. The number of carboxylic acid groups (broad SMARTS) is 2. The van der Waals surface area contributed by atoms with E-state index in [1.54, 1.807) is 0 Å². The maximum atomic E-state index is 13.3. The Morgan fingerprint density at radius 1 is 0.952 bits per heavy atom. The second-order valence-corrected chi connectivity index (χ2v) is 4.75. The Kier molecular flexibility index (Phi) is 5.74. The summed E-state index contributed by atoms with van der Waals surface area (Å²) in [6.07, 6.45) is -1.01. The fourth-order valence-electron chi connectivity index (χ4n) is 2.24. The maximum Gasteiger partial charge on any atom is 0.304 e. The van der Waals surface area contributed by atoms with E-state index in [9.17, 15) is 18.4 Å². The molecule has 0 amide bonds. The molecule has 0 aliphatic heterocycles. The van der Waals surface area contributed by atoms with E-state index in [-0.39, 0.29) is 5.56 Å². The Balaban J connectivity index is 3.16. The quantitative estimate of drug-likeness (QED) is 0.586. The highest BCUT2D eigenvalue weighted by Crippen LogP contribution is 2.26. The monoisotopic (exact) mass is 302 g/mol. The number of hydrogen-bond acceptors (Lipinski definition) is 4. The van der Waals surface area contributed by atoms with Crippen LogP contribution in [-0.2, 0) is 9.59 Å². The zero-order valence-electron chi connectivity index (χ0n) is 11.0. The fraction of sp³-hybridized carbons (Fsp3) is 0.385. The van der Waals surface area contributed by atoms with Crippen LogP contribution in [0.15, 0.2) is 18.2 Å². The predicted octanol–water partition coefficient (Wildman–Crippen LogP) is 0.652. The van der Waals surface area contributed by atoms with Gasteiger partial charge in [-0.3, -0.25) is 9.59 Å². The molecule has 0 aliphatic carbocycles. The van der Waals surface area contributed by atoms with Gasteiger partial charge in [-0.25, -0.2) is 8.78 Å². The van der Waals surface area contributed by atoms with Gasteiger partial charge in [0, 0.05) is 24.1 Å². The predicted molar refractivity (Wildman–Crippen MR) is 69.6 cm³/mol. The van der Waals surface area contributed by atoms with Crippen LogP contribution in [-0.4, -0.2) is 34.2 Å². The second-order valence-electron chi connectivity index (χ2n) is 4.75. The van der Waals surface area contributed by atoms with Gasteiger partial charge >= 0.3 is 11.9 Å². The highest BCUT2D eigenvalue weighted by Gasteiger charge is 2.30. The van der Waals surface area contributed by atoms with Gasteiger partial charge in [0.2, 0.25) is 0 Å². The van der Waals surface area contributed by atoms with E-state index >= 15 is 0 Å². The molecule has 0 aromatic heterocycles. The van der Waals surface area contributed by atoms with Gasteiger partial charge in [-0.05, 0) is 17.7 Å². The van der Waals surface area contributed by atoms with E-state index < -0.39 is 54.4 Å². The highest BCUT2D eigenvalue weighted by molar-refractivity contribution is 5.69. The zero-order chi connectivity index (χ0) is 16.2. The van der Waals surface area contributed by atoms with Crippen molar-refractivity contribution in [2.45, 2.75) is 30.8 Å². The number of hydrogen-bond donors (Lipinski definition) is 4. The van der Waals surface area contributed by atoms with Crippen LogP contribution in [0.1, 0.15) is 24.3 Å². The Hall–Kier alpha value is -2.06. The van der Waals surface area contributed by atoms with Gasteiger partial charge in [0.15, 0.2) is 0 Å². The SMILES string of the molecule is NC(CC(=O)O)C(c1cc(F)cc(F)c1)C(N)CC(=O)O. The van der Waals surface area contributed by atoms with Gasteiger partial charge in [0.25, 0.3) is 0 Å². The summed E-state index contributed by atoms with van der Waals surface area (Å²) in [6.45, 7) is 0. The molecule has 2 unspecified atom stereocenters. The lowest BCUT2D eigenvalue weighted by Crippen LogP contribution is -2.43. The van der Waals surface area contributed by atoms with Gasteiger partial charge in [-0.2, -0.15) is 0 Å². The van der Waals surface area contributed by atoms with Crippen molar-refractivity contribution in [2.75, 3.05) is 0 Å². The van der Waals surface area contributed by atoms with E-state index in [0.29, 0.717) is 6.07 Å². The number of carbonyl (C=O) groups is 2. The van der Waals surface area contributed by atoms with Crippen LogP contribution in [0.2, 0.25) is 0 Å². The van der Waals surface area contributed by atoms with Crippen molar-refractivity contribution in [3.63, 3.8) is 0 Å². The molecule has 0 fully saturated rings. The molecule has 6 nitrogen and oxygen atoms in total. The summed E-state index contributed by atoms with van der Waals surface area (Å²) >= 11 is 0. The zero-order valence-corrected chi connectivity index (χ0v) is 11.0. The van der Waals surface area contributed by atoms with Crippen LogP contribution in [0.25, 0.3) is 0 Å². The van der Waals surface area contributed by atoms with Gasteiger partial charge in [0.1, 0.15) is 11.6 Å². The first-order valence-electron chi connectivity index (χ1n) is 6.11. The van der Waals surface area contributed by atoms with Crippen molar-refractivity contribution in [1.82, 2.24) is 0 Å². The topological polar surface area (TPSA) is 127 Å². The number of aliphatic carboxylic acids is 2. The summed E-state index contributed by atoms with van der Waals surface area (Å²) in [6, 6.07) is 0.441. The van der Waals surface area contributed by atoms with Crippen LogP contribution in [0.3, 0.4) is 0 Å². The van der Waals surface area contributed by atoms with E-state index in [1.165, 1.54) is 0 Å². The van der Waals surface area contributed by atoms with Gasteiger partial charge in [-0.1, -0.05) is 0 Å². The molecule has 0 aliphatic rings. The number of nitrogens with two attached hydrogens (primary N) is 2. The molecule has 6 N–H and O–H groups in total. The van der Waals surface area contributed by atoms with Crippen molar-refractivity contribution < 1.29 is 28.6 Å². The van der Waals surface area contributed by atoms with E-state index in [2.05, 4.69) is 0 Å². The summed E-state index contributed by atoms with van der Waals surface area (Å²) in [5.74, 6) is -5.18. The minimum Gasteiger partial charge on any atom is -0.481 e. The van der Waals surface area contributed by atoms with Crippen LogP contribution in [0.4, 0.5) is 8.78 Å². The molecule has 0 bridgehead atoms. The number of rotatable bonds is 7. The lowest BCUT2D eigenvalue weighted by atomic mass is 9.83. The summed E-state index contributed by atoms with van der Waals surface area (Å²) < 4.78 is 26.6. The normalized spacial score (nSPS) is 15.2. The Bertz CT molecular complexity index is 497. The molecule has 1 rings (SSSR count). The third-order valence-corrected chi connectivity index (χ3v) is 3.01. The molecular formula is C13H16F2N2O4. The minimum absolute atomic E-state index is 0.0370. The van der Waals surface area contributed by atoms with E-state index in [1.807, 2.05) is 0 Å². The molecule has 21 heavy (non-hydrogen) atoms. The average molecular weight is 302 g/mol. The molecule has 0 radical (unpaired) electrons. The average Bonchev–Trinajstić information content (AvgIpc) is 2.24. The molecule has 2 atom stereocenters. The van der Waals surface area contributed by atoms with Crippen LogP contribution >= 0.6 is 0 Å². The highest BCUT2D eigenvalue weighted by atomic mass is 19.1. The Labute approximate surface area is 119 Å². The van der Waals surface area contributed by atoms with Crippen molar-refractivity contribution in [2.24, 2.45) is 11.5 Å². The second kappa shape index (κ2) is 7.09. The third kappa shape index (κ3) is 5.09. The first kappa shape index (κ1) is 17.0. The van der Waals surface area contributed by atoms with Gasteiger partial charge < -0.3 is 21.7 Å². The first-order valence-corrected chi connectivity index (χ1v) is 6.11. The maximum absolute atomic E-state index is 13.3. The molecule has 0 heterocycles. The van der Waals surface area contributed by atoms with Crippen molar-refractivity contribution >= 4 is 11.9 Å². The summed E-state index contributed by atoms with van der Waals surface area (Å²) in [5.41, 5.74) is 11.5. The molecule has 0 saturated heterocycles. The molecule has 0 spiro atoms. The van der Waals surface area contributed by atoms with Gasteiger partial charge in [0.05, 0.1) is 12.8 Å². The van der Waals surface area contributed by atoms with Gasteiger partial charge in [-0.15, -0.1) is 0 Å². The molecule has 8 heteroatoms. The first-order chi connectivity index (χ1) is 9.70. The number of halogens is 2.